The van der Waals surface area contributed by atoms with Crippen LogP contribution in [0.5, 0.6) is 5.75 Å². The molecule has 2 aromatic rings. The van der Waals surface area contributed by atoms with E-state index in [1.54, 1.807) is 19.1 Å². The molecule has 100 valence electrons. The Morgan fingerprint density at radius 1 is 1.26 bits per heavy atom. The van der Waals surface area contributed by atoms with Crippen LogP contribution in [-0.4, -0.2) is 30.3 Å². The molecule has 0 atom stereocenters. The van der Waals surface area contributed by atoms with Gasteiger partial charge in [-0.2, -0.15) is 5.10 Å². The van der Waals surface area contributed by atoms with Gasteiger partial charge in [-0.3, -0.25) is 9.89 Å². The lowest BCUT2D eigenvalue weighted by molar-refractivity contribution is 0.0992. The van der Waals surface area contributed by atoms with Crippen molar-refractivity contribution in [1.29, 1.82) is 0 Å². The third-order valence-corrected chi connectivity index (χ3v) is 3.11. The first kappa shape index (κ1) is 13.1. The number of amides is 1. The molecule has 0 bridgehead atoms. The van der Waals surface area contributed by atoms with E-state index >= 15 is 0 Å². The number of aryl methyl sites for hydroxylation is 2. The van der Waals surface area contributed by atoms with Crippen LogP contribution in [0.4, 0.5) is 5.69 Å². The van der Waals surface area contributed by atoms with Crippen LogP contribution >= 0.6 is 0 Å². The van der Waals surface area contributed by atoms with E-state index in [1.807, 2.05) is 38.1 Å². The first-order valence-corrected chi connectivity index (χ1v) is 5.98. The fraction of sp³-hybridized carbons (Fsp3) is 0.286. The summed E-state index contributed by atoms with van der Waals surface area (Å²) in [6, 6.07) is 7.35. The Balaban J connectivity index is 2.28. The number of H-pyrrole nitrogens is 1. The maximum absolute atomic E-state index is 12.4. The van der Waals surface area contributed by atoms with E-state index in [1.165, 1.54) is 0 Å². The summed E-state index contributed by atoms with van der Waals surface area (Å²) in [6.45, 7) is 3.66. The second-order valence-corrected chi connectivity index (χ2v) is 4.37. The number of carbonyl (C=O) groups is 1. The highest BCUT2D eigenvalue weighted by atomic mass is 16.5. The second kappa shape index (κ2) is 5.14. The van der Waals surface area contributed by atoms with Crippen molar-refractivity contribution in [3.63, 3.8) is 0 Å². The van der Waals surface area contributed by atoms with E-state index in [0.717, 1.165) is 17.1 Å². The average Bonchev–Trinajstić information content (AvgIpc) is 2.77. The zero-order valence-electron chi connectivity index (χ0n) is 11.5. The molecule has 1 N–H and O–H groups in total. The van der Waals surface area contributed by atoms with E-state index in [4.69, 9.17) is 4.74 Å². The van der Waals surface area contributed by atoms with Gasteiger partial charge in [-0.25, -0.2) is 0 Å². The van der Waals surface area contributed by atoms with Crippen LogP contribution in [0.15, 0.2) is 24.3 Å². The standard InChI is InChI=1S/C14H17N3O2/c1-9-13(10(2)16-15-9)14(18)17(3)11-5-7-12(19-4)8-6-11/h5-8H,1-4H3,(H,15,16). The summed E-state index contributed by atoms with van der Waals surface area (Å²) >= 11 is 0. The molecule has 1 aromatic carbocycles. The lowest BCUT2D eigenvalue weighted by atomic mass is 10.1. The molecule has 5 nitrogen and oxygen atoms in total. The predicted molar refractivity (Wildman–Crippen MR) is 73.8 cm³/mol. The third-order valence-electron chi connectivity index (χ3n) is 3.11. The van der Waals surface area contributed by atoms with E-state index in [9.17, 15) is 4.79 Å². The number of nitrogens with zero attached hydrogens (tertiary/aromatic N) is 2. The van der Waals surface area contributed by atoms with Gasteiger partial charge in [-0.05, 0) is 38.1 Å². The number of nitrogens with one attached hydrogen (secondary N) is 1. The third kappa shape index (κ3) is 2.45. The minimum absolute atomic E-state index is 0.0751. The summed E-state index contributed by atoms with van der Waals surface area (Å²) in [5.74, 6) is 0.689. The molecule has 0 aliphatic rings. The predicted octanol–water partition coefficient (Wildman–Crippen LogP) is 2.31. The normalized spacial score (nSPS) is 10.3. The van der Waals surface area contributed by atoms with Crippen LogP contribution in [-0.2, 0) is 0 Å². The van der Waals surface area contributed by atoms with Crippen LogP contribution in [0.1, 0.15) is 21.7 Å². The Morgan fingerprint density at radius 2 is 1.89 bits per heavy atom. The molecule has 5 heteroatoms. The van der Waals surface area contributed by atoms with E-state index in [2.05, 4.69) is 10.2 Å². The fourth-order valence-electron chi connectivity index (χ4n) is 1.96. The molecular formula is C14H17N3O2. The topological polar surface area (TPSA) is 58.2 Å². The Kier molecular flexibility index (Phi) is 3.55. The van der Waals surface area contributed by atoms with Crippen molar-refractivity contribution in [3.05, 3.63) is 41.2 Å². The quantitative estimate of drug-likeness (QED) is 0.920. The smallest absolute Gasteiger partial charge is 0.261 e. The van der Waals surface area contributed by atoms with Crippen LogP contribution in [0, 0.1) is 13.8 Å². The zero-order chi connectivity index (χ0) is 14.0. The summed E-state index contributed by atoms with van der Waals surface area (Å²) in [5.41, 5.74) is 2.93. The maximum Gasteiger partial charge on any atom is 0.261 e. The van der Waals surface area contributed by atoms with Gasteiger partial charge in [0.2, 0.25) is 0 Å². The number of benzene rings is 1. The van der Waals surface area contributed by atoms with Crippen LogP contribution in [0.25, 0.3) is 0 Å². The molecule has 0 aliphatic heterocycles. The fourth-order valence-corrected chi connectivity index (χ4v) is 1.96. The number of anilines is 1. The summed E-state index contributed by atoms with van der Waals surface area (Å²) in [7, 11) is 3.36. The molecule has 19 heavy (non-hydrogen) atoms. The van der Waals surface area contributed by atoms with Crippen molar-refractivity contribution < 1.29 is 9.53 Å². The molecule has 1 amide bonds. The highest BCUT2D eigenvalue weighted by molar-refractivity contribution is 6.07. The molecule has 0 saturated carbocycles. The minimum atomic E-state index is -0.0751. The molecule has 0 fully saturated rings. The summed E-state index contributed by atoms with van der Waals surface area (Å²) < 4.78 is 5.10. The SMILES string of the molecule is COc1ccc(N(C)C(=O)c2c(C)n[nH]c2C)cc1. The highest BCUT2D eigenvalue weighted by Gasteiger charge is 2.20. The summed E-state index contributed by atoms with van der Waals surface area (Å²) in [6.07, 6.45) is 0. The average molecular weight is 259 g/mol. The van der Waals surface area contributed by atoms with E-state index < -0.39 is 0 Å². The van der Waals surface area contributed by atoms with Crippen LogP contribution in [0.3, 0.4) is 0 Å². The van der Waals surface area contributed by atoms with Gasteiger partial charge in [0.05, 0.1) is 18.4 Å². The number of aromatic nitrogens is 2. The van der Waals surface area contributed by atoms with E-state index in [-0.39, 0.29) is 5.91 Å². The second-order valence-electron chi connectivity index (χ2n) is 4.37. The van der Waals surface area contributed by atoms with Crippen LogP contribution in [0.2, 0.25) is 0 Å². The number of hydrogen-bond donors (Lipinski definition) is 1. The lowest BCUT2D eigenvalue weighted by Crippen LogP contribution is -2.27. The first-order valence-electron chi connectivity index (χ1n) is 5.98. The number of rotatable bonds is 3. The van der Waals surface area contributed by atoms with E-state index in [0.29, 0.717) is 11.3 Å². The van der Waals surface area contributed by atoms with Gasteiger partial charge in [0.15, 0.2) is 0 Å². The maximum atomic E-state index is 12.4. The number of methoxy groups -OCH3 is 1. The monoisotopic (exact) mass is 259 g/mol. The van der Waals surface area contributed by atoms with Crippen molar-refractivity contribution in [3.8, 4) is 5.75 Å². The van der Waals surface area contributed by atoms with Crippen molar-refractivity contribution >= 4 is 11.6 Å². The lowest BCUT2D eigenvalue weighted by Gasteiger charge is -2.17. The van der Waals surface area contributed by atoms with Gasteiger partial charge >= 0.3 is 0 Å². The number of aromatic amines is 1. The van der Waals surface area contributed by atoms with Gasteiger partial charge in [0, 0.05) is 18.4 Å². The van der Waals surface area contributed by atoms with Crippen molar-refractivity contribution in [1.82, 2.24) is 10.2 Å². The molecule has 0 spiro atoms. The molecule has 2 rings (SSSR count). The molecule has 0 saturated heterocycles. The Labute approximate surface area is 112 Å². The largest absolute Gasteiger partial charge is 0.497 e. The highest BCUT2D eigenvalue weighted by Crippen LogP contribution is 2.21. The first-order chi connectivity index (χ1) is 9.04. The van der Waals surface area contributed by atoms with Gasteiger partial charge in [0.25, 0.3) is 5.91 Å². The summed E-state index contributed by atoms with van der Waals surface area (Å²) in [4.78, 5) is 14.0. The van der Waals surface area contributed by atoms with Gasteiger partial charge in [-0.1, -0.05) is 0 Å². The molecule has 0 aliphatic carbocycles. The van der Waals surface area contributed by atoms with Crippen LogP contribution < -0.4 is 9.64 Å². The molecule has 0 radical (unpaired) electrons. The van der Waals surface area contributed by atoms with Gasteiger partial charge in [0.1, 0.15) is 5.75 Å². The van der Waals surface area contributed by atoms with Crippen molar-refractivity contribution in [2.45, 2.75) is 13.8 Å². The van der Waals surface area contributed by atoms with Gasteiger partial charge < -0.3 is 9.64 Å². The number of hydrogen-bond acceptors (Lipinski definition) is 3. The summed E-state index contributed by atoms with van der Waals surface area (Å²) in [5, 5.41) is 6.87. The minimum Gasteiger partial charge on any atom is -0.497 e. The Bertz CT molecular complexity index is 568. The molecule has 1 aromatic heterocycles. The van der Waals surface area contributed by atoms with Crippen molar-refractivity contribution in [2.75, 3.05) is 19.1 Å². The molecular weight excluding hydrogens is 242 g/mol. The number of ether oxygens (including phenoxy) is 1. The molecule has 1 heterocycles. The Hall–Kier alpha value is -2.30. The molecule has 0 unspecified atom stereocenters. The van der Waals surface area contributed by atoms with Crippen molar-refractivity contribution in [2.24, 2.45) is 0 Å². The Morgan fingerprint density at radius 3 is 2.37 bits per heavy atom. The number of carbonyl (C=O) groups excluding carboxylic acids is 1. The zero-order valence-corrected chi connectivity index (χ0v) is 11.5. The van der Waals surface area contributed by atoms with Gasteiger partial charge in [-0.15, -0.1) is 0 Å².